The molecule has 0 saturated carbocycles. The van der Waals surface area contributed by atoms with E-state index in [0.29, 0.717) is 12.3 Å². The third-order valence-corrected chi connectivity index (χ3v) is 1.40. The fourth-order valence-corrected chi connectivity index (χ4v) is 0.822. The van der Waals surface area contributed by atoms with Crippen molar-refractivity contribution in [3.8, 4) is 0 Å². The van der Waals surface area contributed by atoms with Gasteiger partial charge >= 0.3 is 0 Å². The van der Waals surface area contributed by atoms with Gasteiger partial charge in [0.2, 0.25) is 5.95 Å². The quantitative estimate of drug-likeness (QED) is 0.432. The van der Waals surface area contributed by atoms with Crippen molar-refractivity contribution < 1.29 is 9.13 Å². The summed E-state index contributed by atoms with van der Waals surface area (Å²) in [5.41, 5.74) is 0.694. The van der Waals surface area contributed by atoms with Crippen LogP contribution in [0.5, 0.6) is 0 Å². The second-order valence-corrected chi connectivity index (χ2v) is 2.21. The molecule has 1 unspecified atom stereocenters. The van der Waals surface area contributed by atoms with E-state index in [2.05, 4.69) is 4.98 Å². The highest BCUT2D eigenvalue weighted by atomic mass is 19.1. The fourth-order valence-electron chi connectivity index (χ4n) is 0.822. The lowest BCUT2D eigenvalue weighted by Gasteiger charge is -1.91. The van der Waals surface area contributed by atoms with E-state index < -0.39 is 5.95 Å². The van der Waals surface area contributed by atoms with Crippen molar-refractivity contribution in [1.82, 2.24) is 4.98 Å². The van der Waals surface area contributed by atoms with Crippen molar-refractivity contribution in [2.45, 2.75) is 6.10 Å². The number of ether oxygens (including phenoxy) is 1. The molecule has 1 aromatic heterocycles. The van der Waals surface area contributed by atoms with Crippen molar-refractivity contribution in [1.29, 1.82) is 0 Å². The van der Waals surface area contributed by atoms with Gasteiger partial charge in [-0.15, -0.1) is 0 Å². The Hall–Kier alpha value is -0.960. The number of halogens is 1. The molecule has 0 aliphatic carbocycles. The molecular weight excluding hydrogens is 133 g/mol. The van der Waals surface area contributed by atoms with E-state index in [1.54, 1.807) is 12.1 Å². The Labute approximate surface area is 57.7 Å². The van der Waals surface area contributed by atoms with Gasteiger partial charge in [-0.05, 0) is 12.1 Å². The van der Waals surface area contributed by atoms with E-state index in [1.165, 1.54) is 6.07 Å². The second kappa shape index (κ2) is 2.02. The highest BCUT2D eigenvalue weighted by Gasteiger charge is 2.26. The summed E-state index contributed by atoms with van der Waals surface area (Å²) in [6.07, 6.45) is 0.0516. The molecular formula is C7H6FNO. The van der Waals surface area contributed by atoms with Gasteiger partial charge in [-0.2, -0.15) is 4.39 Å². The molecule has 2 rings (SSSR count). The van der Waals surface area contributed by atoms with Gasteiger partial charge in [0.15, 0.2) is 0 Å². The van der Waals surface area contributed by atoms with Crippen LogP contribution < -0.4 is 0 Å². The van der Waals surface area contributed by atoms with E-state index in [4.69, 9.17) is 4.74 Å². The molecule has 1 atom stereocenters. The molecule has 0 aromatic carbocycles. The number of pyridine rings is 1. The van der Waals surface area contributed by atoms with Crippen LogP contribution in [-0.2, 0) is 4.74 Å². The van der Waals surface area contributed by atoms with Crippen LogP contribution in [0.4, 0.5) is 4.39 Å². The number of epoxide rings is 1. The van der Waals surface area contributed by atoms with Crippen molar-refractivity contribution in [3.63, 3.8) is 0 Å². The van der Waals surface area contributed by atoms with E-state index in [1.807, 2.05) is 0 Å². The summed E-state index contributed by atoms with van der Waals surface area (Å²) in [5.74, 6) is -0.437. The molecule has 52 valence electrons. The van der Waals surface area contributed by atoms with Gasteiger partial charge in [0.25, 0.3) is 0 Å². The summed E-state index contributed by atoms with van der Waals surface area (Å²) in [6.45, 7) is 0.677. The molecule has 0 N–H and O–H groups in total. The smallest absolute Gasteiger partial charge is 0.213 e. The van der Waals surface area contributed by atoms with Crippen molar-refractivity contribution >= 4 is 0 Å². The molecule has 2 nitrogen and oxygen atoms in total. The van der Waals surface area contributed by atoms with Gasteiger partial charge in [0.1, 0.15) is 6.10 Å². The molecule has 1 saturated heterocycles. The molecule has 3 heteroatoms. The first-order chi connectivity index (χ1) is 4.86. The SMILES string of the molecule is Fc1cccc(C2CO2)n1. The van der Waals surface area contributed by atoms with Crippen LogP contribution in [0.15, 0.2) is 18.2 Å². The highest BCUT2D eigenvalue weighted by Crippen LogP contribution is 2.27. The lowest BCUT2D eigenvalue weighted by molar-refractivity contribution is 0.408. The van der Waals surface area contributed by atoms with E-state index in [9.17, 15) is 4.39 Å². The zero-order chi connectivity index (χ0) is 6.97. The summed E-state index contributed by atoms with van der Waals surface area (Å²) in [5, 5.41) is 0. The van der Waals surface area contributed by atoms with Gasteiger partial charge < -0.3 is 4.74 Å². The van der Waals surface area contributed by atoms with Crippen molar-refractivity contribution in [2.24, 2.45) is 0 Å². The molecule has 0 radical (unpaired) electrons. The Morgan fingerprint density at radius 3 is 3.00 bits per heavy atom. The summed E-state index contributed by atoms with van der Waals surface area (Å²) < 4.78 is 17.3. The Morgan fingerprint density at radius 2 is 2.40 bits per heavy atom. The predicted octanol–water partition coefficient (Wildman–Crippen LogP) is 1.29. The number of hydrogen-bond donors (Lipinski definition) is 0. The molecule has 0 amide bonds. The monoisotopic (exact) mass is 139 g/mol. The van der Waals surface area contributed by atoms with Crippen LogP contribution in [0.2, 0.25) is 0 Å². The molecule has 1 fully saturated rings. The van der Waals surface area contributed by atoms with Crippen LogP contribution in [0.3, 0.4) is 0 Å². The van der Waals surface area contributed by atoms with Gasteiger partial charge in [-0.1, -0.05) is 6.07 Å². The number of nitrogens with zero attached hydrogens (tertiary/aromatic N) is 1. The third-order valence-electron chi connectivity index (χ3n) is 1.40. The van der Waals surface area contributed by atoms with Crippen LogP contribution in [-0.4, -0.2) is 11.6 Å². The summed E-state index contributed by atoms with van der Waals surface area (Å²) >= 11 is 0. The average Bonchev–Trinajstić information content (AvgIpc) is 2.68. The zero-order valence-corrected chi connectivity index (χ0v) is 5.25. The molecule has 1 aromatic rings. The third kappa shape index (κ3) is 0.998. The molecule has 1 aliphatic heterocycles. The maximum Gasteiger partial charge on any atom is 0.213 e. The summed E-state index contributed by atoms with van der Waals surface area (Å²) in [6, 6.07) is 4.73. The molecule has 2 heterocycles. The lowest BCUT2D eigenvalue weighted by Crippen LogP contribution is -1.88. The topological polar surface area (TPSA) is 25.4 Å². The Morgan fingerprint density at radius 1 is 1.60 bits per heavy atom. The average molecular weight is 139 g/mol. The minimum absolute atomic E-state index is 0.0516. The van der Waals surface area contributed by atoms with Crippen LogP contribution in [0, 0.1) is 5.95 Å². The normalized spacial score (nSPS) is 22.7. The number of rotatable bonds is 1. The molecule has 0 spiro atoms. The first-order valence-corrected chi connectivity index (χ1v) is 3.10. The highest BCUT2D eigenvalue weighted by molar-refractivity contribution is 5.10. The fraction of sp³-hybridized carbons (Fsp3) is 0.286. The largest absolute Gasteiger partial charge is 0.366 e. The first-order valence-electron chi connectivity index (χ1n) is 3.10. The zero-order valence-electron chi connectivity index (χ0n) is 5.25. The van der Waals surface area contributed by atoms with E-state index in [0.717, 1.165) is 0 Å². The predicted molar refractivity (Wildman–Crippen MR) is 32.9 cm³/mol. The van der Waals surface area contributed by atoms with Gasteiger partial charge in [-0.3, -0.25) is 0 Å². The summed E-state index contributed by atoms with van der Waals surface area (Å²) in [7, 11) is 0. The van der Waals surface area contributed by atoms with E-state index in [-0.39, 0.29) is 6.10 Å². The maximum absolute atomic E-state index is 12.4. The van der Waals surface area contributed by atoms with Crippen LogP contribution in [0.1, 0.15) is 11.8 Å². The molecule has 10 heavy (non-hydrogen) atoms. The number of aromatic nitrogens is 1. The van der Waals surface area contributed by atoms with Gasteiger partial charge in [0.05, 0.1) is 12.3 Å². The van der Waals surface area contributed by atoms with Crippen molar-refractivity contribution in [3.05, 3.63) is 29.8 Å². The Bertz CT molecular complexity index is 247. The number of hydrogen-bond acceptors (Lipinski definition) is 2. The minimum atomic E-state index is -0.437. The van der Waals surface area contributed by atoms with Gasteiger partial charge in [0, 0.05) is 0 Å². The summed E-state index contributed by atoms with van der Waals surface area (Å²) in [4.78, 5) is 3.64. The van der Waals surface area contributed by atoms with E-state index >= 15 is 0 Å². The van der Waals surface area contributed by atoms with Crippen LogP contribution >= 0.6 is 0 Å². The first kappa shape index (κ1) is 5.80. The Balaban J connectivity index is 2.32. The van der Waals surface area contributed by atoms with Crippen molar-refractivity contribution in [2.75, 3.05) is 6.61 Å². The standard InChI is InChI=1S/C7H6FNO/c8-7-3-1-2-5(9-7)6-4-10-6/h1-3,6H,4H2. The molecule has 0 bridgehead atoms. The Kier molecular flexibility index (Phi) is 1.17. The second-order valence-electron chi connectivity index (χ2n) is 2.21. The molecule has 1 aliphatic rings. The van der Waals surface area contributed by atoms with Gasteiger partial charge in [-0.25, -0.2) is 4.98 Å². The maximum atomic E-state index is 12.4. The minimum Gasteiger partial charge on any atom is -0.366 e. The van der Waals surface area contributed by atoms with Crippen LogP contribution in [0.25, 0.3) is 0 Å². The lowest BCUT2D eigenvalue weighted by atomic mass is 10.3.